The molecule has 0 aromatic carbocycles. The standard InChI is InChI=1S/C15H27N3O6/c1-7(2)5-10(15(23)24)18-13(21)9(6-11(19)20)17-14(22)12(16)8(3)4/h7-10,12H,5-6,16H2,1-4H3,(H,17,22)(H,18,21)(H,19,20)(H,23,24)/t9-,10-,12-/m0/s1. The number of carboxylic acids is 2. The Bertz CT molecular complexity index is 478. The zero-order valence-electron chi connectivity index (χ0n) is 14.4. The number of nitrogens with two attached hydrogens (primary N) is 1. The first-order valence-corrected chi connectivity index (χ1v) is 7.76. The van der Waals surface area contributed by atoms with Crippen LogP contribution in [0.1, 0.15) is 40.5 Å². The molecule has 9 heteroatoms. The van der Waals surface area contributed by atoms with E-state index in [0.717, 1.165) is 0 Å². The van der Waals surface area contributed by atoms with Gasteiger partial charge in [-0.15, -0.1) is 0 Å². The van der Waals surface area contributed by atoms with Crippen LogP contribution in [-0.4, -0.2) is 52.1 Å². The zero-order chi connectivity index (χ0) is 19.0. The molecule has 0 aliphatic rings. The zero-order valence-corrected chi connectivity index (χ0v) is 14.4. The molecule has 0 aromatic heterocycles. The molecular weight excluding hydrogens is 318 g/mol. The monoisotopic (exact) mass is 345 g/mol. The molecule has 0 saturated carbocycles. The highest BCUT2D eigenvalue weighted by Crippen LogP contribution is 2.06. The van der Waals surface area contributed by atoms with Crippen molar-refractivity contribution in [3.63, 3.8) is 0 Å². The van der Waals surface area contributed by atoms with Crippen LogP contribution in [0.5, 0.6) is 0 Å². The Hall–Kier alpha value is -2.16. The van der Waals surface area contributed by atoms with Crippen molar-refractivity contribution in [3.8, 4) is 0 Å². The number of rotatable bonds is 10. The van der Waals surface area contributed by atoms with Crippen molar-refractivity contribution in [3.05, 3.63) is 0 Å². The average molecular weight is 345 g/mol. The summed E-state index contributed by atoms with van der Waals surface area (Å²) in [6.07, 6.45) is -0.489. The van der Waals surface area contributed by atoms with Crippen LogP contribution < -0.4 is 16.4 Å². The fourth-order valence-corrected chi connectivity index (χ4v) is 1.92. The van der Waals surface area contributed by atoms with E-state index >= 15 is 0 Å². The summed E-state index contributed by atoms with van der Waals surface area (Å²) in [6, 6.07) is -3.46. The minimum atomic E-state index is -1.39. The third-order valence-corrected chi connectivity index (χ3v) is 3.35. The summed E-state index contributed by atoms with van der Waals surface area (Å²) in [6.45, 7) is 7.00. The summed E-state index contributed by atoms with van der Waals surface area (Å²) < 4.78 is 0. The van der Waals surface area contributed by atoms with Gasteiger partial charge in [-0.3, -0.25) is 14.4 Å². The van der Waals surface area contributed by atoms with Gasteiger partial charge in [0.05, 0.1) is 12.5 Å². The summed E-state index contributed by atoms with van der Waals surface area (Å²) in [5.74, 6) is -4.25. The molecule has 9 nitrogen and oxygen atoms in total. The second-order valence-corrected chi connectivity index (χ2v) is 6.46. The lowest BCUT2D eigenvalue weighted by atomic mass is 10.0. The van der Waals surface area contributed by atoms with Crippen molar-refractivity contribution in [2.75, 3.05) is 0 Å². The normalized spacial score (nSPS) is 14.8. The number of carbonyl (C=O) groups is 4. The molecule has 0 saturated heterocycles. The van der Waals surface area contributed by atoms with Gasteiger partial charge in [-0.25, -0.2) is 4.79 Å². The van der Waals surface area contributed by atoms with Crippen LogP contribution in [0.3, 0.4) is 0 Å². The molecule has 0 unspecified atom stereocenters. The van der Waals surface area contributed by atoms with Crippen molar-refractivity contribution in [1.82, 2.24) is 10.6 Å². The van der Waals surface area contributed by atoms with E-state index in [2.05, 4.69) is 10.6 Å². The van der Waals surface area contributed by atoms with Gasteiger partial charge in [0.25, 0.3) is 0 Å². The lowest BCUT2D eigenvalue weighted by Gasteiger charge is -2.23. The first-order valence-electron chi connectivity index (χ1n) is 7.76. The predicted molar refractivity (Wildman–Crippen MR) is 86.0 cm³/mol. The fourth-order valence-electron chi connectivity index (χ4n) is 1.92. The van der Waals surface area contributed by atoms with Crippen LogP contribution in [0.4, 0.5) is 0 Å². The van der Waals surface area contributed by atoms with Crippen molar-refractivity contribution in [1.29, 1.82) is 0 Å². The van der Waals surface area contributed by atoms with Crippen molar-refractivity contribution >= 4 is 23.8 Å². The van der Waals surface area contributed by atoms with Crippen molar-refractivity contribution in [2.45, 2.75) is 58.7 Å². The van der Waals surface area contributed by atoms with Crippen LogP contribution in [-0.2, 0) is 19.2 Å². The van der Waals surface area contributed by atoms with Crippen molar-refractivity contribution < 1.29 is 29.4 Å². The Labute approximate surface area is 141 Å². The highest BCUT2D eigenvalue weighted by atomic mass is 16.4. The molecular formula is C15H27N3O6. The summed E-state index contributed by atoms with van der Waals surface area (Å²) in [4.78, 5) is 46.3. The number of aliphatic carboxylic acids is 2. The summed E-state index contributed by atoms with van der Waals surface area (Å²) in [5, 5.41) is 22.6. The molecule has 0 rings (SSSR count). The van der Waals surface area contributed by atoms with Crippen LogP contribution >= 0.6 is 0 Å². The molecule has 0 bridgehead atoms. The maximum Gasteiger partial charge on any atom is 0.326 e. The van der Waals surface area contributed by atoms with E-state index in [1.165, 1.54) is 0 Å². The quantitative estimate of drug-likeness (QED) is 0.358. The van der Waals surface area contributed by atoms with Crippen LogP contribution in [0.25, 0.3) is 0 Å². The van der Waals surface area contributed by atoms with Crippen LogP contribution in [0, 0.1) is 11.8 Å². The predicted octanol–water partition coefficient (Wildman–Crippen LogP) is -0.455. The first-order chi connectivity index (χ1) is 11.0. The van der Waals surface area contributed by atoms with Gasteiger partial charge in [0, 0.05) is 0 Å². The number of hydrogen-bond donors (Lipinski definition) is 5. The first kappa shape index (κ1) is 21.8. The second kappa shape index (κ2) is 9.86. The van der Waals surface area contributed by atoms with E-state index in [1.807, 2.05) is 0 Å². The fraction of sp³-hybridized carbons (Fsp3) is 0.733. The molecule has 0 aliphatic carbocycles. The van der Waals surface area contributed by atoms with E-state index in [-0.39, 0.29) is 18.3 Å². The molecule has 138 valence electrons. The lowest BCUT2D eigenvalue weighted by molar-refractivity contribution is -0.143. The van der Waals surface area contributed by atoms with E-state index in [1.54, 1.807) is 27.7 Å². The topological polar surface area (TPSA) is 159 Å². The van der Waals surface area contributed by atoms with E-state index < -0.39 is 48.3 Å². The summed E-state index contributed by atoms with van der Waals surface area (Å²) in [7, 11) is 0. The Balaban J connectivity index is 5.08. The Morgan fingerprint density at radius 2 is 1.42 bits per heavy atom. The van der Waals surface area contributed by atoms with E-state index in [4.69, 9.17) is 15.9 Å². The molecule has 0 aliphatic heterocycles. The van der Waals surface area contributed by atoms with Crippen LogP contribution in [0.15, 0.2) is 0 Å². The third kappa shape index (κ3) is 7.91. The Kier molecular flexibility index (Phi) is 8.97. The Morgan fingerprint density at radius 3 is 1.79 bits per heavy atom. The summed E-state index contributed by atoms with van der Waals surface area (Å²) in [5.41, 5.74) is 5.67. The van der Waals surface area contributed by atoms with Gasteiger partial charge in [0.15, 0.2) is 0 Å². The molecule has 3 atom stereocenters. The molecule has 0 aromatic rings. The highest BCUT2D eigenvalue weighted by molar-refractivity contribution is 5.93. The van der Waals surface area contributed by atoms with E-state index in [9.17, 15) is 19.2 Å². The number of amides is 2. The molecule has 0 fully saturated rings. The van der Waals surface area contributed by atoms with Gasteiger partial charge in [-0.2, -0.15) is 0 Å². The van der Waals surface area contributed by atoms with Gasteiger partial charge in [-0.05, 0) is 18.3 Å². The average Bonchev–Trinajstić information content (AvgIpc) is 2.43. The van der Waals surface area contributed by atoms with Gasteiger partial charge >= 0.3 is 11.9 Å². The molecule has 0 radical (unpaired) electrons. The molecule has 24 heavy (non-hydrogen) atoms. The molecule has 2 amide bonds. The number of nitrogens with one attached hydrogen (secondary N) is 2. The minimum absolute atomic E-state index is 0.00766. The number of hydrogen-bond acceptors (Lipinski definition) is 5. The lowest BCUT2D eigenvalue weighted by Crippen LogP contribution is -2.56. The smallest absolute Gasteiger partial charge is 0.326 e. The maximum atomic E-state index is 12.2. The van der Waals surface area contributed by atoms with Gasteiger partial charge in [-0.1, -0.05) is 27.7 Å². The second-order valence-electron chi connectivity index (χ2n) is 6.46. The highest BCUT2D eigenvalue weighted by Gasteiger charge is 2.30. The minimum Gasteiger partial charge on any atom is -0.481 e. The Morgan fingerprint density at radius 1 is 0.917 bits per heavy atom. The molecule has 0 heterocycles. The van der Waals surface area contributed by atoms with E-state index in [0.29, 0.717) is 0 Å². The number of carbonyl (C=O) groups excluding carboxylic acids is 2. The molecule has 6 N–H and O–H groups in total. The number of carboxylic acid groups (broad SMARTS) is 2. The van der Waals surface area contributed by atoms with Crippen LogP contribution in [0.2, 0.25) is 0 Å². The van der Waals surface area contributed by atoms with Crippen molar-refractivity contribution in [2.24, 2.45) is 17.6 Å². The SMILES string of the molecule is CC(C)C[C@H](NC(=O)[C@H](CC(=O)O)NC(=O)[C@@H](N)C(C)C)C(=O)O. The maximum absolute atomic E-state index is 12.2. The van der Waals surface area contributed by atoms with Gasteiger partial charge in [0.1, 0.15) is 12.1 Å². The largest absolute Gasteiger partial charge is 0.481 e. The van der Waals surface area contributed by atoms with Gasteiger partial charge in [0.2, 0.25) is 11.8 Å². The molecule has 0 spiro atoms. The van der Waals surface area contributed by atoms with Gasteiger partial charge < -0.3 is 26.6 Å². The summed E-state index contributed by atoms with van der Waals surface area (Å²) >= 11 is 0. The third-order valence-electron chi connectivity index (χ3n) is 3.35.